The third-order valence-electron chi connectivity index (χ3n) is 4.43. The highest BCUT2D eigenvalue weighted by Crippen LogP contribution is 2.47. The molecule has 0 spiro atoms. The number of para-hydroxylation sites is 1. The van der Waals surface area contributed by atoms with Crippen LogP contribution < -0.4 is 5.32 Å². The number of hydrogen-bond donors (Lipinski definition) is 1. The van der Waals surface area contributed by atoms with E-state index < -0.39 is 0 Å². The SMILES string of the molecule is Cc1nc(NC(=O)[C@@H]2C[C@H]2c2ccc(F)cc2)nn1-c1ccccc1. The minimum Gasteiger partial charge on any atom is -0.293 e. The summed E-state index contributed by atoms with van der Waals surface area (Å²) in [6.45, 7) is 1.84. The summed E-state index contributed by atoms with van der Waals surface area (Å²) in [4.78, 5) is 16.7. The van der Waals surface area contributed by atoms with Gasteiger partial charge >= 0.3 is 0 Å². The molecule has 0 unspecified atom stereocenters. The second-order valence-corrected chi connectivity index (χ2v) is 6.22. The zero-order valence-corrected chi connectivity index (χ0v) is 13.7. The highest BCUT2D eigenvalue weighted by atomic mass is 19.1. The largest absolute Gasteiger partial charge is 0.293 e. The van der Waals surface area contributed by atoms with Crippen molar-refractivity contribution in [2.24, 2.45) is 5.92 Å². The van der Waals surface area contributed by atoms with Gasteiger partial charge in [-0.25, -0.2) is 9.07 Å². The fourth-order valence-corrected chi connectivity index (χ4v) is 3.02. The zero-order chi connectivity index (χ0) is 17.4. The molecule has 0 aliphatic heterocycles. The van der Waals surface area contributed by atoms with Gasteiger partial charge in [0.2, 0.25) is 11.9 Å². The van der Waals surface area contributed by atoms with Crippen molar-refractivity contribution in [2.75, 3.05) is 5.32 Å². The molecule has 4 rings (SSSR count). The Hall–Kier alpha value is -3.02. The number of aromatic nitrogens is 3. The number of nitrogens with one attached hydrogen (secondary N) is 1. The van der Waals surface area contributed by atoms with Gasteiger partial charge in [0, 0.05) is 5.92 Å². The maximum atomic E-state index is 13.0. The average molecular weight is 336 g/mol. The summed E-state index contributed by atoms with van der Waals surface area (Å²) in [5.74, 6) is 0.659. The van der Waals surface area contributed by atoms with Crippen LogP contribution in [0, 0.1) is 18.7 Å². The lowest BCUT2D eigenvalue weighted by atomic mass is 10.1. The van der Waals surface area contributed by atoms with Crippen molar-refractivity contribution in [3.8, 4) is 5.69 Å². The van der Waals surface area contributed by atoms with E-state index in [2.05, 4.69) is 15.4 Å². The van der Waals surface area contributed by atoms with E-state index in [1.165, 1.54) is 12.1 Å². The molecule has 1 aliphatic carbocycles. The van der Waals surface area contributed by atoms with E-state index in [9.17, 15) is 9.18 Å². The molecule has 0 saturated heterocycles. The maximum Gasteiger partial charge on any atom is 0.249 e. The molecular weight excluding hydrogens is 319 g/mol. The topological polar surface area (TPSA) is 59.8 Å². The van der Waals surface area contributed by atoms with E-state index in [1.54, 1.807) is 16.8 Å². The number of hydrogen-bond acceptors (Lipinski definition) is 3. The Morgan fingerprint density at radius 3 is 2.60 bits per heavy atom. The van der Waals surface area contributed by atoms with Crippen molar-refractivity contribution in [2.45, 2.75) is 19.3 Å². The lowest BCUT2D eigenvalue weighted by molar-refractivity contribution is -0.117. The summed E-state index contributed by atoms with van der Waals surface area (Å²) in [5, 5.41) is 7.15. The Morgan fingerprint density at radius 2 is 1.88 bits per heavy atom. The first kappa shape index (κ1) is 15.5. The number of halogens is 1. The molecule has 0 bridgehead atoms. The Bertz CT molecular complexity index is 905. The second-order valence-electron chi connectivity index (χ2n) is 6.22. The fourth-order valence-electron chi connectivity index (χ4n) is 3.02. The van der Waals surface area contributed by atoms with Gasteiger partial charge in [0.1, 0.15) is 11.6 Å². The standard InChI is InChI=1S/C19H17FN4O/c1-12-21-19(23-24(12)15-5-3-2-4-6-15)22-18(25)17-11-16(17)13-7-9-14(20)10-8-13/h2-10,16-17H,11H2,1H3,(H,22,23,25)/t16-,17+/m0/s1. The minimum absolute atomic E-state index is 0.0977. The van der Waals surface area contributed by atoms with Gasteiger partial charge in [-0.05, 0) is 49.1 Å². The number of benzene rings is 2. The predicted molar refractivity (Wildman–Crippen MR) is 92.0 cm³/mol. The van der Waals surface area contributed by atoms with Crippen molar-refractivity contribution in [1.29, 1.82) is 0 Å². The predicted octanol–water partition coefficient (Wildman–Crippen LogP) is 3.46. The van der Waals surface area contributed by atoms with Crippen LogP contribution in [0.2, 0.25) is 0 Å². The number of anilines is 1. The Balaban J connectivity index is 1.45. The zero-order valence-electron chi connectivity index (χ0n) is 13.7. The van der Waals surface area contributed by atoms with E-state index in [0.29, 0.717) is 11.8 Å². The maximum absolute atomic E-state index is 13.0. The fraction of sp³-hybridized carbons (Fsp3) is 0.211. The molecule has 2 aromatic carbocycles. The van der Waals surface area contributed by atoms with Gasteiger partial charge in [-0.1, -0.05) is 30.3 Å². The summed E-state index contributed by atoms with van der Waals surface area (Å²) in [6, 6.07) is 16.0. The molecule has 1 saturated carbocycles. The molecule has 1 aliphatic rings. The van der Waals surface area contributed by atoms with Crippen molar-refractivity contribution < 1.29 is 9.18 Å². The lowest BCUT2D eigenvalue weighted by Crippen LogP contribution is -2.15. The number of amides is 1. The van der Waals surface area contributed by atoms with Crippen LogP contribution >= 0.6 is 0 Å². The molecule has 1 aromatic heterocycles. The summed E-state index contributed by atoms with van der Waals surface area (Å²) in [7, 11) is 0. The average Bonchev–Trinajstić information content (AvgIpc) is 3.34. The number of aryl methyl sites for hydroxylation is 1. The number of carbonyl (C=O) groups is 1. The molecule has 3 aromatic rings. The molecule has 6 heteroatoms. The molecule has 126 valence electrons. The number of rotatable bonds is 4. The van der Waals surface area contributed by atoms with Crippen molar-refractivity contribution in [3.05, 3.63) is 71.8 Å². The Kier molecular flexibility index (Phi) is 3.80. The Morgan fingerprint density at radius 1 is 1.16 bits per heavy atom. The van der Waals surface area contributed by atoms with Crippen molar-refractivity contribution >= 4 is 11.9 Å². The molecule has 2 atom stereocenters. The van der Waals surface area contributed by atoms with E-state index in [4.69, 9.17) is 0 Å². The molecule has 1 N–H and O–H groups in total. The third-order valence-corrected chi connectivity index (χ3v) is 4.43. The van der Waals surface area contributed by atoms with Crippen LogP contribution in [-0.2, 0) is 4.79 Å². The van der Waals surface area contributed by atoms with Gasteiger partial charge in [-0.2, -0.15) is 4.98 Å². The monoisotopic (exact) mass is 336 g/mol. The third kappa shape index (κ3) is 3.15. The Labute approximate surface area is 144 Å². The van der Waals surface area contributed by atoms with E-state index in [1.807, 2.05) is 37.3 Å². The van der Waals surface area contributed by atoms with E-state index in [-0.39, 0.29) is 23.6 Å². The van der Waals surface area contributed by atoms with Crippen LogP contribution in [0.25, 0.3) is 5.69 Å². The van der Waals surface area contributed by atoms with E-state index in [0.717, 1.165) is 17.7 Å². The van der Waals surface area contributed by atoms with Crippen LogP contribution in [0.5, 0.6) is 0 Å². The molecule has 1 heterocycles. The van der Waals surface area contributed by atoms with Gasteiger partial charge in [-0.15, -0.1) is 5.10 Å². The van der Waals surface area contributed by atoms with Crippen molar-refractivity contribution in [3.63, 3.8) is 0 Å². The highest BCUT2D eigenvalue weighted by Gasteiger charge is 2.44. The van der Waals surface area contributed by atoms with Crippen molar-refractivity contribution in [1.82, 2.24) is 14.8 Å². The first-order valence-electron chi connectivity index (χ1n) is 8.17. The smallest absolute Gasteiger partial charge is 0.249 e. The van der Waals surface area contributed by atoms with Gasteiger partial charge in [0.05, 0.1) is 5.69 Å². The highest BCUT2D eigenvalue weighted by molar-refractivity contribution is 5.93. The molecule has 1 amide bonds. The quantitative estimate of drug-likeness (QED) is 0.794. The van der Waals surface area contributed by atoms with Gasteiger partial charge in [0.15, 0.2) is 0 Å². The van der Waals surface area contributed by atoms with Crippen LogP contribution in [0.3, 0.4) is 0 Å². The minimum atomic E-state index is -0.267. The number of carbonyl (C=O) groups excluding carboxylic acids is 1. The van der Waals surface area contributed by atoms with Gasteiger partial charge in [0.25, 0.3) is 0 Å². The molecular formula is C19H17FN4O. The lowest BCUT2D eigenvalue weighted by Gasteiger charge is -2.02. The first-order chi connectivity index (χ1) is 12.1. The van der Waals surface area contributed by atoms with Gasteiger partial charge < -0.3 is 0 Å². The molecule has 5 nitrogen and oxygen atoms in total. The van der Waals surface area contributed by atoms with Crippen LogP contribution in [-0.4, -0.2) is 20.7 Å². The molecule has 1 fully saturated rings. The normalized spacial score (nSPS) is 18.8. The van der Waals surface area contributed by atoms with E-state index >= 15 is 0 Å². The summed E-state index contributed by atoms with van der Waals surface area (Å²) < 4.78 is 14.7. The second kappa shape index (κ2) is 6.12. The number of nitrogens with zero attached hydrogens (tertiary/aromatic N) is 3. The summed E-state index contributed by atoms with van der Waals surface area (Å²) >= 11 is 0. The van der Waals surface area contributed by atoms with Crippen LogP contribution in [0.4, 0.5) is 10.3 Å². The summed E-state index contributed by atoms with van der Waals surface area (Å²) in [5.41, 5.74) is 1.88. The summed E-state index contributed by atoms with van der Waals surface area (Å²) in [6.07, 6.45) is 0.760. The van der Waals surface area contributed by atoms with Gasteiger partial charge in [-0.3, -0.25) is 10.1 Å². The van der Waals surface area contributed by atoms with Crippen LogP contribution in [0.15, 0.2) is 54.6 Å². The van der Waals surface area contributed by atoms with Crippen LogP contribution in [0.1, 0.15) is 23.7 Å². The molecule has 0 radical (unpaired) electrons. The first-order valence-corrected chi connectivity index (χ1v) is 8.17. The molecule has 25 heavy (non-hydrogen) atoms.